The van der Waals surface area contributed by atoms with E-state index in [2.05, 4.69) is 35.3 Å². The van der Waals surface area contributed by atoms with E-state index in [0.29, 0.717) is 23.8 Å². The van der Waals surface area contributed by atoms with Crippen molar-refractivity contribution in [3.05, 3.63) is 58.1 Å². The molecule has 0 unspecified atom stereocenters. The summed E-state index contributed by atoms with van der Waals surface area (Å²) >= 11 is 6.23. The zero-order valence-electron chi connectivity index (χ0n) is 16.6. The molecule has 1 heterocycles. The number of benzene rings is 2. The maximum atomic E-state index is 12.5. The molecule has 2 aromatic carbocycles. The highest BCUT2D eigenvalue weighted by molar-refractivity contribution is 6.34. The summed E-state index contributed by atoms with van der Waals surface area (Å²) in [5.74, 6) is -0.484. The van der Waals surface area contributed by atoms with E-state index in [-0.39, 0.29) is 18.2 Å². The predicted molar refractivity (Wildman–Crippen MR) is 114 cm³/mol. The minimum Gasteiger partial charge on any atom is -0.368 e. The quantitative estimate of drug-likeness (QED) is 0.792. The van der Waals surface area contributed by atoms with Crippen molar-refractivity contribution >= 4 is 34.8 Å². The number of halogens is 1. The predicted octanol–water partition coefficient (Wildman–Crippen LogP) is 3.94. The molecule has 1 aliphatic heterocycles. The highest BCUT2D eigenvalue weighted by Crippen LogP contribution is 2.27. The number of hydrogen-bond acceptors (Lipinski definition) is 3. The molecule has 1 aliphatic rings. The Morgan fingerprint density at radius 3 is 2.36 bits per heavy atom. The first-order valence-electron chi connectivity index (χ1n) is 9.49. The minimum absolute atomic E-state index is 0.151. The lowest BCUT2D eigenvalue weighted by Crippen LogP contribution is -2.49. The molecule has 5 nitrogen and oxygen atoms in total. The minimum atomic E-state index is -0.333. The molecule has 0 atom stereocenters. The van der Waals surface area contributed by atoms with Gasteiger partial charge in [0.15, 0.2) is 0 Å². The number of amides is 2. The van der Waals surface area contributed by atoms with Crippen molar-refractivity contribution in [3.63, 3.8) is 0 Å². The van der Waals surface area contributed by atoms with E-state index in [1.165, 1.54) is 11.3 Å². The Kier molecular flexibility index (Phi) is 6.25. The van der Waals surface area contributed by atoms with Crippen LogP contribution in [-0.4, -0.2) is 42.9 Å². The fourth-order valence-corrected chi connectivity index (χ4v) is 3.91. The van der Waals surface area contributed by atoms with Gasteiger partial charge in [0, 0.05) is 31.9 Å². The van der Waals surface area contributed by atoms with E-state index in [1.54, 1.807) is 11.0 Å². The number of carbonyl (C=O) groups is 2. The first-order chi connectivity index (χ1) is 13.3. The number of hydrogen-bond donors (Lipinski definition) is 1. The van der Waals surface area contributed by atoms with Crippen molar-refractivity contribution in [2.75, 3.05) is 36.4 Å². The lowest BCUT2D eigenvalue weighted by Gasteiger charge is -2.36. The van der Waals surface area contributed by atoms with Crippen LogP contribution in [0.3, 0.4) is 0 Å². The van der Waals surface area contributed by atoms with Crippen LogP contribution in [0.5, 0.6) is 0 Å². The summed E-state index contributed by atoms with van der Waals surface area (Å²) in [7, 11) is 0. The summed E-state index contributed by atoms with van der Waals surface area (Å²) in [6.45, 7) is 8.67. The van der Waals surface area contributed by atoms with Gasteiger partial charge in [0.1, 0.15) is 6.42 Å². The highest BCUT2D eigenvalue weighted by atomic mass is 35.5. The Hall–Kier alpha value is -2.53. The molecule has 0 bridgehead atoms. The van der Waals surface area contributed by atoms with E-state index in [4.69, 9.17) is 11.6 Å². The van der Waals surface area contributed by atoms with Gasteiger partial charge in [-0.05, 0) is 55.7 Å². The molecule has 3 rings (SSSR count). The smallest absolute Gasteiger partial charge is 0.233 e. The first-order valence-corrected chi connectivity index (χ1v) is 9.87. The van der Waals surface area contributed by atoms with Gasteiger partial charge in [-0.1, -0.05) is 29.8 Å². The van der Waals surface area contributed by atoms with E-state index in [1.807, 2.05) is 26.0 Å². The fraction of sp³-hybridized carbons (Fsp3) is 0.364. The summed E-state index contributed by atoms with van der Waals surface area (Å²) in [6, 6.07) is 12.1. The molecule has 2 aromatic rings. The van der Waals surface area contributed by atoms with Crippen LogP contribution in [0, 0.1) is 20.8 Å². The van der Waals surface area contributed by atoms with Crippen molar-refractivity contribution in [1.29, 1.82) is 0 Å². The molecule has 6 heteroatoms. The molecular weight excluding hydrogens is 374 g/mol. The molecule has 0 aromatic heterocycles. The number of carbonyl (C=O) groups excluding carboxylic acids is 2. The topological polar surface area (TPSA) is 52.7 Å². The molecule has 0 radical (unpaired) electrons. The average molecular weight is 400 g/mol. The molecule has 1 fully saturated rings. The normalized spacial score (nSPS) is 14.1. The molecule has 0 aliphatic carbocycles. The van der Waals surface area contributed by atoms with Gasteiger partial charge in [-0.2, -0.15) is 0 Å². The van der Waals surface area contributed by atoms with E-state index < -0.39 is 0 Å². The Morgan fingerprint density at radius 2 is 1.71 bits per heavy atom. The van der Waals surface area contributed by atoms with E-state index >= 15 is 0 Å². The number of anilines is 2. The third-order valence-corrected chi connectivity index (χ3v) is 5.31. The maximum Gasteiger partial charge on any atom is 0.233 e. The molecule has 0 spiro atoms. The third-order valence-electron chi connectivity index (χ3n) is 5.01. The summed E-state index contributed by atoms with van der Waals surface area (Å²) in [6.07, 6.45) is -0.173. The van der Waals surface area contributed by atoms with Gasteiger partial charge < -0.3 is 15.1 Å². The van der Waals surface area contributed by atoms with E-state index in [0.717, 1.165) is 24.2 Å². The van der Waals surface area contributed by atoms with Crippen LogP contribution in [0.2, 0.25) is 5.02 Å². The summed E-state index contributed by atoms with van der Waals surface area (Å²) in [4.78, 5) is 28.9. The second-order valence-corrected chi connectivity index (χ2v) is 7.78. The van der Waals surface area contributed by atoms with Gasteiger partial charge >= 0.3 is 0 Å². The summed E-state index contributed by atoms with van der Waals surface area (Å²) in [5.41, 5.74) is 4.89. The standard InChI is InChI=1S/C22H26ClN3O2/c1-15-5-4-6-18(12-15)25-7-9-26(10-8-25)21(28)14-20(27)24-22-17(3)11-16(2)13-19(22)23/h4-6,11-13H,7-10,14H2,1-3H3,(H,24,27). The Balaban J connectivity index is 1.54. The average Bonchev–Trinajstić information content (AvgIpc) is 2.65. The number of piperazine rings is 1. The Bertz CT molecular complexity index is 866. The fourth-order valence-electron chi connectivity index (χ4n) is 3.55. The zero-order valence-corrected chi connectivity index (χ0v) is 17.3. The van der Waals surface area contributed by atoms with Crippen LogP contribution in [0.4, 0.5) is 11.4 Å². The lowest BCUT2D eigenvalue weighted by atomic mass is 10.1. The molecule has 0 saturated carbocycles. The van der Waals surface area contributed by atoms with Gasteiger partial charge in [-0.3, -0.25) is 9.59 Å². The van der Waals surface area contributed by atoms with Gasteiger partial charge in [-0.15, -0.1) is 0 Å². The SMILES string of the molecule is Cc1cccc(N2CCN(C(=O)CC(=O)Nc3c(C)cc(C)cc3Cl)CC2)c1. The number of rotatable bonds is 4. The lowest BCUT2D eigenvalue weighted by molar-refractivity contribution is -0.134. The first kappa shape index (κ1) is 20.2. The highest BCUT2D eigenvalue weighted by Gasteiger charge is 2.23. The molecule has 1 saturated heterocycles. The third kappa shape index (κ3) is 4.84. The largest absolute Gasteiger partial charge is 0.368 e. The molecule has 1 N–H and O–H groups in total. The zero-order chi connectivity index (χ0) is 20.3. The van der Waals surface area contributed by atoms with Gasteiger partial charge in [-0.25, -0.2) is 0 Å². The second-order valence-electron chi connectivity index (χ2n) is 7.37. The maximum absolute atomic E-state index is 12.5. The van der Waals surface area contributed by atoms with Gasteiger partial charge in [0.05, 0.1) is 10.7 Å². The van der Waals surface area contributed by atoms with Gasteiger partial charge in [0.25, 0.3) is 0 Å². The summed E-state index contributed by atoms with van der Waals surface area (Å²) in [5, 5.41) is 3.28. The van der Waals surface area contributed by atoms with Crippen molar-refractivity contribution < 1.29 is 9.59 Å². The van der Waals surface area contributed by atoms with E-state index in [9.17, 15) is 9.59 Å². The number of aryl methyl sites for hydroxylation is 3. The van der Waals surface area contributed by atoms with Crippen LogP contribution < -0.4 is 10.2 Å². The molecule has 2 amide bonds. The monoisotopic (exact) mass is 399 g/mol. The van der Waals surface area contributed by atoms with Crippen molar-refractivity contribution in [1.82, 2.24) is 4.90 Å². The van der Waals surface area contributed by atoms with Crippen LogP contribution in [0.1, 0.15) is 23.1 Å². The van der Waals surface area contributed by atoms with Gasteiger partial charge in [0.2, 0.25) is 11.8 Å². The van der Waals surface area contributed by atoms with Crippen LogP contribution in [0.15, 0.2) is 36.4 Å². The Labute approximate surface area is 171 Å². The van der Waals surface area contributed by atoms with Crippen molar-refractivity contribution in [3.8, 4) is 0 Å². The van der Waals surface area contributed by atoms with Crippen molar-refractivity contribution in [2.45, 2.75) is 27.2 Å². The van der Waals surface area contributed by atoms with Crippen molar-refractivity contribution in [2.24, 2.45) is 0 Å². The summed E-state index contributed by atoms with van der Waals surface area (Å²) < 4.78 is 0. The number of nitrogens with one attached hydrogen (secondary N) is 1. The molecular formula is C22H26ClN3O2. The number of nitrogens with zero attached hydrogens (tertiary/aromatic N) is 2. The Morgan fingerprint density at radius 1 is 1.00 bits per heavy atom. The van der Waals surface area contributed by atoms with Crippen LogP contribution in [-0.2, 0) is 9.59 Å². The molecule has 28 heavy (non-hydrogen) atoms. The van der Waals surface area contributed by atoms with Crippen LogP contribution >= 0.6 is 11.6 Å². The van der Waals surface area contributed by atoms with Crippen LogP contribution in [0.25, 0.3) is 0 Å². The second kappa shape index (κ2) is 8.65. The molecule has 148 valence electrons.